The van der Waals surface area contributed by atoms with Crippen molar-refractivity contribution in [3.8, 4) is 5.75 Å². The molecule has 0 aromatic heterocycles. The molecule has 3 nitrogen and oxygen atoms in total. The molecule has 0 amide bonds. The molecular weight excluding hydrogens is 260 g/mol. The monoisotopic (exact) mass is 270 g/mol. The van der Waals surface area contributed by atoms with E-state index in [1.807, 2.05) is 0 Å². The van der Waals surface area contributed by atoms with E-state index in [1.54, 1.807) is 25.1 Å². The van der Waals surface area contributed by atoms with E-state index in [0.29, 0.717) is 12.2 Å². The van der Waals surface area contributed by atoms with Crippen molar-refractivity contribution in [1.82, 2.24) is 0 Å². The molecule has 0 saturated heterocycles. The Morgan fingerprint density at radius 1 is 1.60 bits per heavy atom. The lowest BCUT2D eigenvalue weighted by Crippen LogP contribution is -1.98. The zero-order chi connectivity index (χ0) is 11.3. The molecule has 0 radical (unpaired) electrons. The summed E-state index contributed by atoms with van der Waals surface area (Å²) < 4.78 is 5.55. The molecule has 1 rings (SSSR count). The van der Waals surface area contributed by atoms with Crippen molar-refractivity contribution in [2.45, 2.75) is 6.92 Å². The van der Waals surface area contributed by atoms with Crippen molar-refractivity contribution in [2.75, 3.05) is 6.61 Å². The zero-order valence-corrected chi connectivity index (χ0v) is 9.82. The minimum absolute atomic E-state index is 0.124. The van der Waals surface area contributed by atoms with E-state index in [-0.39, 0.29) is 5.75 Å². The largest absolute Gasteiger partial charge is 0.507 e. The average Bonchev–Trinajstić information content (AvgIpc) is 2.20. The van der Waals surface area contributed by atoms with Gasteiger partial charge in [0.25, 0.3) is 0 Å². The average molecular weight is 271 g/mol. The van der Waals surface area contributed by atoms with Crippen molar-refractivity contribution in [1.29, 1.82) is 0 Å². The summed E-state index contributed by atoms with van der Waals surface area (Å²) in [6.45, 7) is 2.08. The van der Waals surface area contributed by atoms with Gasteiger partial charge in [-0.1, -0.05) is 15.9 Å². The summed E-state index contributed by atoms with van der Waals surface area (Å²) in [6.07, 6.45) is 2.79. The first-order valence-electron chi connectivity index (χ1n) is 4.47. The number of halogens is 1. The molecule has 15 heavy (non-hydrogen) atoms. The van der Waals surface area contributed by atoms with Crippen LogP contribution in [0, 0.1) is 0 Å². The van der Waals surface area contributed by atoms with Gasteiger partial charge in [-0.05, 0) is 31.2 Å². The summed E-state index contributed by atoms with van der Waals surface area (Å²) in [5.74, 6) is -0.296. The summed E-state index contributed by atoms with van der Waals surface area (Å²) in [5.41, 5.74) is 0.567. The quantitative estimate of drug-likeness (QED) is 0.679. The van der Waals surface area contributed by atoms with Gasteiger partial charge >= 0.3 is 5.97 Å². The Hall–Kier alpha value is -1.29. The molecule has 0 atom stereocenters. The molecule has 0 saturated carbocycles. The normalized spacial score (nSPS) is 10.5. The van der Waals surface area contributed by atoms with E-state index in [2.05, 4.69) is 15.9 Å². The molecule has 1 aromatic rings. The highest BCUT2D eigenvalue weighted by Gasteiger charge is 1.99. The lowest BCUT2D eigenvalue weighted by atomic mass is 10.2. The molecule has 0 aliphatic rings. The molecule has 0 aliphatic carbocycles. The second kappa shape index (κ2) is 5.56. The number of phenols is 1. The van der Waals surface area contributed by atoms with Crippen LogP contribution in [0.4, 0.5) is 0 Å². The van der Waals surface area contributed by atoms with Gasteiger partial charge in [0.2, 0.25) is 0 Å². The highest BCUT2D eigenvalue weighted by molar-refractivity contribution is 9.10. The Balaban J connectivity index is 2.79. The van der Waals surface area contributed by atoms with Crippen molar-refractivity contribution < 1.29 is 14.6 Å². The molecule has 0 heterocycles. The van der Waals surface area contributed by atoms with Crippen LogP contribution in [0.1, 0.15) is 12.5 Å². The third-order valence-electron chi connectivity index (χ3n) is 1.68. The lowest BCUT2D eigenvalue weighted by molar-refractivity contribution is -0.137. The van der Waals surface area contributed by atoms with Crippen LogP contribution >= 0.6 is 15.9 Å². The fourth-order valence-corrected chi connectivity index (χ4v) is 1.39. The first kappa shape index (κ1) is 11.8. The summed E-state index contributed by atoms with van der Waals surface area (Å²) >= 11 is 3.27. The van der Waals surface area contributed by atoms with Crippen LogP contribution in [-0.2, 0) is 9.53 Å². The first-order valence-corrected chi connectivity index (χ1v) is 5.26. The summed E-state index contributed by atoms with van der Waals surface area (Å²) in [6, 6.07) is 4.98. The van der Waals surface area contributed by atoms with E-state index < -0.39 is 5.97 Å². The van der Waals surface area contributed by atoms with E-state index >= 15 is 0 Å². The van der Waals surface area contributed by atoms with Gasteiger partial charge in [0.1, 0.15) is 5.75 Å². The lowest BCUT2D eigenvalue weighted by Gasteiger charge is -1.99. The number of hydrogen-bond donors (Lipinski definition) is 1. The van der Waals surface area contributed by atoms with Gasteiger partial charge in [-0.25, -0.2) is 4.79 Å². The third kappa shape index (κ3) is 3.75. The standard InChI is InChI=1S/C11H11BrO3/c1-2-15-11(14)6-3-8-7-9(12)4-5-10(8)13/h3-7,13H,2H2,1H3/b6-3+. The third-order valence-corrected chi connectivity index (χ3v) is 2.17. The molecular formula is C11H11BrO3. The number of carbonyl (C=O) groups is 1. The van der Waals surface area contributed by atoms with E-state index in [9.17, 15) is 9.90 Å². The maximum absolute atomic E-state index is 11.0. The van der Waals surface area contributed by atoms with Crippen molar-refractivity contribution >= 4 is 28.0 Å². The highest BCUT2D eigenvalue weighted by Crippen LogP contribution is 2.22. The fraction of sp³-hybridized carbons (Fsp3) is 0.182. The number of phenolic OH excluding ortho intramolecular Hbond substituents is 1. The molecule has 0 bridgehead atoms. The zero-order valence-electron chi connectivity index (χ0n) is 8.24. The van der Waals surface area contributed by atoms with E-state index in [0.717, 1.165) is 4.47 Å². The van der Waals surface area contributed by atoms with Gasteiger partial charge in [-0.3, -0.25) is 0 Å². The minimum Gasteiger partial charge on any atom is -0.507 e. The topological polar surface area (TPSA) is 46.5 Å². The number of ether oxygens (including phenoxy) is 1. The van der Waals surface area contributed by atoms with Crippen LogP contribution in [0.2, 0.25) is 0 Å². The van der Waals surface area contributed by atoms with Gasteiger partial charge in [0.05, 0.1) is 6.61 Å². The van der Waals surface area contributed by atoms with Crippen LogP contribution in [0.25, 0.3) is 6.08 Å². The summed E-state index contributed by atoms with van der Waals surface area (Å²) in [5, 5.41) is 9.45. The molecule has 0 unspecified atom stereocenters. The van der Waals surface area contributed by atoms with Gasteiger partial charge in [-0.2, -0.15) is 0 Å². The van der Waals surface area contributed by atoms with E-state index in [1.165, 1.54) is 12.2 Å². The second-order valence-corrected chi connectivity index (χ2v) is 3.70. The molecule has 4 heteroatoms. The maximum atomic E-state index is 11.0. The number of carbonyl (C=O) groups excluding carboxylic acids is 1. The van der Waals surface area contributed by atoms with Gasteiger partial charge < -0.3 is 9.84 Å². The van der Waals surface area contributed by atoms with Crippen molar-refractivity contribution in [2.24, 2.45) is 0 Å². The van der Waals surface area contributed by atoms with Crippen LogP contribution < -0.4 is 0 Å². The van der Waals surface area contributed by atoms with Crippen molar-refractivity contribution in [3.05, 3.63) is 34.3 Å². The Labute approximate surface area is 96.5 Å². The fourth-order valence-electron chi connectivity index (χ4n) is 1.01. The SMILES string of the molecule is CCOC(=O)/C=C/c1cc(Br)ccc1O. The number of hydrogen-bond acceptors (Lipinski definition) is 3. The predicted octanol–water partition coefficient (Wildman–Crippen LogP) is 2.73. The summed E-state index contributed by atoms with van der Waals surface area (Å²) in [4.78, 5) is 11.0. The van der Waals surface area contributed by atoms with Crippen molar-refractivity contribution in [3.63, 3.8) is 0 Å². The van der Waals surface area contributed by atoms with Crippen LogP contribution in [-0.4, -0.2) is 17.7 Å². The van der Waals surface area contributed by atoms with Crippen LogP contribution in [0.3, 0.4) is 0 Å². The molecule has 0 fully saturated rings. The van der Waals surface area contributed by atoms with Gasteiger partial charge in [-0.15, -0.1) is 0 Å². The highest BCUT2D eigenvalue weighted by atomic mass is 79.9. The molecule has 1 N–H and O–H groups in total. The molecule has 0 spiro atoms. The van der Waals surface area contributed by atoms with Crippen LogP contribution in [0.15, 0.2) is 28.7 Å². The molecule has 0 aliphatic heterocycles. The van der Waals surface area contributed by atoms with E-state index in [4.69, 9.17) is 4.74 Å². The van der Waals surface area contributed by atoms with Crippen LogP contribution in [0.5, 0.6) is 5.75 Å². The Morgan fingerprint density at radius 3 is 3.00 bits per heavy atom. The number of aromatic hydroxyl groups is 1. The smallest absolute Gasteiger partial charge is 0.330 e. The first-order chi connectivity index (χ1) is 7.13. The predicted molar refractivity (Wildman–Crippen MR) is 61.5 cm³/mol. The number of benzene rings is 1. The number of esters is 1. The Morgan fingerprint density at radius 2 is 2.33 bits per heavy atom. The number of rotatable bonds is 3. The molecule has 80 valence electrons. The summed E-state index contributed by atoms with van der Waals surface area (Å²) in [7, 11) is 0. The van der Waals surface area contributed by atoms with Gasteiger partial charge in [0, 0.05) is 16.1 Å². The second-order valence-electron chi connectivity index (χ2n) is 2.79. The Bertz CT molecular complexity index is 385. The maximum Gasteiger partial charge on any atom is 0.330 e. The minimum atomic E-state index is -0.420. The molecule has 1 aromatic carbocycles. The Kier molecular flexibility index (Phi) is 4.37. The van der Waals surface area contributed by atoms with Gasteiger partial charge in [0.15, 0.2) is 0 Å².